The molecule has 2 heterocycles. The van der Waals surface area contributed by atoms with Gasteiger partial charge < -0.3 is 9.88 Å². The summed E-state index contributed by atoms with van der Waals surface area (Å²) < 4.78 is 4.24. The molecule has 0 aliphatic rings. The number of aromatic nitrogens is 4. The van der Waals surface area contributed by atoms with Crippen LogP contribution in [0.3, 0.4) is 0 Å². The molecule has 21 heavy (non-hydrogen) atoms. The molecule has 0 fully saturated rings. The van der Waals surface area contributed by atoms with Gasteiger partial charge in [-0.3, -0.25) is 14.0 Å². The SMILES string of the molecule is CCCc1nn(C)c2c1[nH]c(=S)n2C(C)C(=O)N(C)CC. The van der Waals surface area contributed by atoms with Crippen LogP contribution in [0.25, 0.3) is 11.2 Å². The summed E-state index contributed by atoms with van der Waals surface area (Å²) in [6.07, 6.45) is 1.91. The van der Waals surface area contributed by atoms with Crippen LogP contribution in [0.2, 0.25) is 0 Å². The van der Waals surface area contributed by atoms with Crippen molar-refractivity contribution in [2.24, 2.45) is 7.05 Å². The van der Waals surface area contributed by atoms with Gasteiger partial charge in [-0.15, -0.1) is 0 Å². The molecule has 7 heteroatoms. The van der Waals surface area contributed by atoms with Gasteiger partial charge in [0, 0.05) is 20.6 Å². The number of hydrogen-bond acceptors (Lipinski definition) is 3. The molecule has 0 aromatic carbocycles. The number of imidazole rings is 1. The van der Waals surface area contributed by atoms with Crippen molar-refractivity contribution < 1.29 is 4.79 Å². The summed E-state index contributed by atoms with van der Waals surface area (Å²) in [6, 6.07) is -0.346. The number of carbonyl (C=O) groups is 1. The third-order valence-corrected chi connectivity index (χ3v) is 4.15. The minimum Gasteiger partial charge on any atom is -0.344 e. The Kier molecular flexibility index (Phi) is 4.51. The molecule has 1 atom stereocenters. The van der Waals surface area contributed by atoms with E-state index in [0.29, 0.717) is 11.3 Å². The molecule has 0 bridgehead atoms. The molecule has 2 rings (SSSR count). The Hall–Kier alpha value is -1.63. The second-order valence-corrected chi connectivity index (χ2v) is 5.73. The van der Waals surface area contributed by atoms with E-state index in [1.54, 1.807) is 11.9 Å². The normalized spacial score (nSPS) is 12.8. The lowest BCUT2D eigenvalue weighted by Gasteiger charge is -2.21. The summed E-state index contributed by atoms with van der Waals surface area (Å²) in [5.41, 5.74) is 2.83. The number of amides is 1. The van der Waals surface area contributed by atoms with E-state index in [0.717, 1.165) is 29.7 Å². The van der Waals surface area contributed by atoms with Crippen molar-refractivity contribution in [2.75, 3.05) is 13.6 Å². The fourth-order valence-corrected chi connectivity index (χ4v) is 2.94. The zero-order valence-electron chi connectivity index (χ0n) is 13.3. The van der Waals surface area contributed by atoms with E-state index in [1.807, 2.05) is 30.1 Å². The molecular formula is C14H23N5OS. The molecule has 2 aromatic rings. The number of nitrogens with one attached hydrogen (secondary N) is 1. The maximum absolute atomic E-state index is 12.4. The molecule has 116 valence electrons. The Morgan fingerprint density at radius 3 is 2.71 bits per heavy atom. The highest BCUT2D eigenvalue weighted by atomic mass is 32.1. The summed E-state index contributed by atoms with van der Waals surface area (Å²) in [5.74, 6) is 0.0488. The van der Waals surface area contributed by atoms with Crippen LogP contribution >= 0.6 is 12.2 Å². The van der Waals surface area contributed by atoms with Gasteiger partial charge in [-0.1, -0.05) is 13.3 Å². The fraction of sp³-hybridized carbons (Fsp3) is 0.643. The number of aryl methyl sites for hydroxylation is 2. The van der Waals surface area contributed by atoms with Gasteiger partial charge in [-0.2, -0.15) is 5.10 Å². The number of carbonyl (C=O) groups excluding carboxylic acids is 1. The zero-order valence-corrected chi connectivity index (χ0v) is 14.1. The second kappa shape index (κ2) is 6.01. The van der Waals surface area contributed by atoms with Crippen LogP contribution in [0.4, 0.5) is 0 Å². The molecule has 0 aliphatic carbocycles. The average Bonchev–Trinajstić information content (AvgIpc) is 2.94. The first-order valence-corrected chi connectivity index (χ1v) is 7.74. The molecule has 0 spiro atoms. The lowest BCUT2D eigenvalue weighted by Crippen LogP contribution is -2.33. The van der Waals surface area contributed by atoms with Crippen molar-refractivity contribution in [2.45, 2.75) is 39.7 Å². The molecule has 0 saturated heterocycles. The number of H-pyrrole nitrogens is 1. The van der Waals surface area contributed by atoms with E-state index in [1.165, 1.54) is 0 Å². The predicted molar refractivity (Wildman–Crippen MR) is 85.9 cm³/mol. The number of rotatable bonds is 5. The van der Waals surface area contributed by atoms with Crippen LogP contribution in [0.1, 0.15) is 38.9 Å². The molecule has 6 nitrogen and oxygen atoms in total. The van der Waals surface area contributed by atoms with E-state index >= 15 is 0 Å². The maximum Gasteiger partial charge on any atom is 0.245 e. The van der Waals surface area contributed by atoms with E-state index in [-0.39, 0.29) is 11.9 Å². The molecule has 1 unspecified atom stereocenters. The number of aromatic amines is 1. The van der Waals surface area contributed by atoms with Crippen molar-refractivity contribution in [3.63, 3.8) is 0 Å². The number of likely N-dealkylation sites (N-methyl/N-ethyl adjacent to an activating group) is 1. The standard InChI is InChI=1S/C14H23N5OS/c1-6-8-10-11-12(18(5)16-10)19(14(21)15-11)9(3)13(20)17(4)7-2/h9H,6-8H2,1-5H3,(H,15,21). The van der Waals surface area contributed by atoms with Crippen molar-refractivity contribution >= 4 is 29.3 Å². The highest BCUT2D eigenvalue weighted by molar-refractivity contribution is 7.71. The average molecular weight is 309 g/mol. The monoisotopic (exact) mass is 309 g/mol. The van der Waals surface area contributed by atoms with Gasteiger partial charge >= 0.3 is 0 Å². The van der Waals surface area contributed by atoms with Gasteiger partial charge in [-0.25, -0.2) is 0 Å². The Morgan fingerprint density at radius 1 is 1.48 bits per heavy atom. The second-order valence-electron chi connectivity index (χ2n) is 5.35. The van der Waals surface area contributed by atoms with Gasteiger partial charge in [-0.05, 0) is 32.5 Å². The van der Waals surface area contributed by atoms with Crippen LogP contribution in [-0.2, 0) is 18.3 Å². The first kappa shape index (κ1) is 15.8. The van der Waals surface area contributed by atoms with Crippen LogP contribution in [-0.4, -0.2) is 43.7 Å². The quantitative estimate of drug-likeness (QED) is 0.863. The summed E-state index contributed by atoms with van der Waals surface area (Å²) in [4.78, 5) is 17.3. The molecule has 0 saturated carbocycles. The Morgan fingerprint density at radius 2 is 2.14 bits per heavy atom. The lowest BCUT2D eigenvalue weighted by atomic mass is 10.2. The highest BCUT2D eigenvalue weighted by Crippen LogP contribution is 2.23. The third kappa shape index (κ3) is 2.62. The lowest BCUT2D eigenvalue weighted by molar-refractivity contribution is -0.132. The largest absolute Gasteiger partial charge is 0.344 e. The Balaban J connectivity index is 2.56. The summed E-state index contributed by atoms with van der Waals surface area (Å²) in [6.45, 7) is 6.63. The van der Waals surface area contributed by atoms with Crippen LogP contribution < -0.4 is 0 Å². The van der Waals surface area contributed by atoms with Crippen molar-refractivity contribution in [1.29, 1.82) is 0 Å². The zero-order chi connectivity index (χ0) is 15.7. The third-order valence-electron chi connectivity index (χ3n) is 3.85. The van der Waals surface area contributed by atoms with Gasteiger partial charge in [0.15, 0.2) is 10.4 Å². The van der Waals surface area contributed by atoms with E-state index in [4.69, 9.17) is 12.2 Å². The van der Waals surface area contributed by atoms with Gasteiger partial charge in [0.1, 0.15) is 11.6 Å². The maximum atomic E-state index is 12.4. The number of nitrogens with zero attached hydrogens (tertiary/aromatic N) is 4. The predicted octanol–water partition coefficient (Wildman–Crippen LogP) is 2.42. The topological polar surface area (TPSA) is 58.9 Å². The van der Waals surface area contributed by atoms with Crippen molar-refractivity contribution in [3.05, 3.63) is 10.5 Å². The summed E-state index contributed by atoms with van der Waals surface area (Å²) >= 11 is 5.42. The molecule has 2 aromatic heterocycles. The van der Waals surface area contributed by atoms with Gasteiger partial charge in [0.2, 0.25) is 5.91 Å². The highest BCUT2D eigenvalue weighted by Gasteiger charge is 2.24. The van der Waals surface area contributed by atoms with E-state index < -0.39 is 0 Å². The van der Waals surface area contributed by atoms with Crippen LogP contribution in [0, 0.1) is 4.77 Å². The number of fused-ring (bicyclic) bond motifs is 1. The first-order valence-electron chi connectivity index (χ1n) is 7.33. The molecule has 1 N–H and O–H groups in total. The number of hydrogen-bond donors (Lipinski definition) is 1. The van der Waals surface area contributed by atoms with Crippen molar-refractivity contribution in [3.8, 4) is 0 Å². The Bertz CT molecular complexity index is 711. The first-order chi connectivity index (χ1) is 9.92. The van der Waals surface area contributed by atoms with E-state index in [9.17, 15) is 4.79 Å². The minimum atomic E-state index is -0.346. The van der Waals surface area contributed by atoms with Crippen LogP contribution in [0.15, 0.2) is 0 Å². The molecule has 0 aliphatic heterocycles. The minimum absolute atomic E-state index is 0.0488. The van der Waals surface area contributed by atoms with Gasteiger partial charge in [0.05, 0.1) is 5.69 Å². The van der Waals surface area contributed by atoms with Crippen molar-refractivity contribution in [1.82, 2.24) is 24.2 Å². The van der Waals surface area contributed by atoms with Crippen LogP contribution in [0.5, 0.6) is 0 Å². The summed E-state index contributed by atoms with van der Waals surface area (Å²) in [7, 11) is 3.69. The molecule has 0 radical (unpaired) electrons. The van der Waals surface area contributed by atoms with E-state index in [2.05, 4.69) is 17.0 Å². The molecule has 1 amide bonds. The smallest absolute Gasteiger partial charge is 0.245 e. The Labute approximate surface area is 129 Å². The fourth-order valence-electron chi connectivity index (χ4n) is 2.59. The molecular weight excluding hydrogens is 286 g/mol. The van der Waals surface area contributed by atoms with Gasteiger partial charge in [0.25, 0.3) is 0 Å². The summed E-state index contributed by atoms with van der Waals surface area (Å²) in [5, 5.41) is 4.54.